The van der Waals surface area contributed by atoms with E-state index in [1.54, 1.807) is 6.07 Å². The number of fused-ring (bicyclic) bond motifs is 2. The van der Waals surface area contributed by atoms with Crippen molar-refractivity contribution in [1.29, 1.82) is 0 Å². The van der Waals surface area contributed by atoms with Gasteiger partial charge in [0, 0.05) is 18.3 Å². The minimum absolute atomic E-state index is 0.000293. The van der Waals surface area contributed by atoms with E-state index in [9.17, 15) is 4.79 Å². The first kappa shape index (κ1) is 15.1. The second-order valence-electron chi connectivity index (χ2n) is 6.73. The van der Waals surface area contributed by atoms with Gasteiger partial charge in [0.1, 0.15) is 23.7 Å². The number of rotatable bonds is 2. The van der Waals surface area contributed by atoms with Gasteiger partial charge in [-0.3, -0.25) is 14.7 Å². The fourth-order valence-electron chi connectivity index (χ4n) is 3.98. The van der Waals surface area contributed by atoms with Gasteiger partial charge in [-0.1, -0.05) is 6.42 Å². The third-order valence-electron chi connectivity index (χ3n) is 5.16. The highest BCUT2D eigenvalue weighted by Crippen LogP contribution is 2.37. The summed E-state index contributed by atoms with van der Waals surface area (Å²) in [5.41, 5.74) is 8.20. The minimum atomic E-state index is -0.224. The molecule has 2 aromatic heterocycles. The van der Waals surface area contributed by atoms with Crippen LogP contribution in [0.15, 0.2) is 23.3 Å². The number of nitrogen functional groups attached to an aromatic ring is 1. The third kappa shape index (κ3) is 2.36. The van der Waals surface area contributed by atoms with Crippen molar-refractivity contribution in [1.82, 2.24) is 19.9 Å². The number of anilines is 3. The molecular formula is C17H22N6O. The summed E-state index contributed by atoms with van der Waals surface area (Å²) in [6.07, 6.45) is 6.94. The van der Waals surface area contributed by atoms with Crippen molar-refractivity contribution in [3.8, 4) is 0 Å². The van der Waals surface area contributed by atoms with E-state index in [0.717, 1.165) is 43.5 Å². The molecule has 7 heteroatoms. The van der Waals surface area contributed by atoms with Gasteiger partial charge in [-0.25, -0.2) is 9.97 Å². The van der Waals surface area contributed by atoms with E-state index in [0.29, 0.717) is 17.3 Å². The average molecular weight is 326 g/mol. The number of aromatic nitrogens is 3. The van der Waals surface area contributed by atoms with Crippen molar-refractivity contribution >= 4 is 17.3 Å². The predicted octanol–water partition coefficient (Wildman–Crippen LogP) is 1.99. The van der Waals surface area contributed by atoms with Crippen molar-refractivity contribution in [2.24, 2.45) is 0 Å². The Morgan fingerprint density at radius 1 is 1.25 bits per heavy atom. The Bertz CT molecular complexity index is 837. The molecule has 0 amide bonds. The lowest BCUT2D eigenvalue weighted by Crippen LogP contribution is -2.48. The molecule has 0 radical (unpaired) electrons. The van der Waals surface area contributed by atoms with Gasteiger partial charge in [0.2, 0.25) is 0 Å². The molecule has 3 heterocycles. The van der Waals surface area contributed by atoms with E-state index in [1.807, 2.05) is 17.6 Å². The normalized spacial score (nSPS) is 18.5. The van der Waals surface area contributed by atoms with E-state index in [4.69, 9.17) is 5.73 Å². The topological polar surface area (TPSA) is 97.9 Å². The molecule has 4 rings (SSSR count). The van der Waals surface area contributed by atoms with Crippen LogP contribution in [0.3, 0.4) is 0 Å². The van der Waals surface area contributed by atoms with Crippen molar-refractivity contribution in [2.75, 3.05) is 11.1 Å². The van der Waals surface area contributed by atoms with Gasteiger partial charge >= 0.3 is 0 Å². The van der Waals surface area contributed by atoms with Crippen LogP contribution in [-0.2, 0) is 12.2 Å². The highest BCUT2D eigenvalue weighted by molar-refractivity contribution is 5.58. The molecule has 1 aliphatic heterocycles. The highest BCUT2D eigenvalue weighted by Gasteiger charge is 2.40. The van der Waals surface area contributed by atoms with Crippen molar-refractivity contribution in [3.63, 3.8) is 0 Å². The Morgan fingerprint density at radius 3 is 2.79 bits per heavy atom. The monoisotopic (exact) mass is 326 g/mol. The van der Waals surface area contributed by atoms with Gasteiger partial charge in [0.25, 0.3) is 5.56 Å². The number of aryl methyl sites for hydroxylation is 1. The highest BCUT2D eigenvalue weighted by atomic mass is 16.1. The molecule has 1 spiro atoms. The van der Waals surface area contributed by atoms with Crippen LogP contribution in [0, 0.1) is 6.92 Å². The Hall–Kier alpha value is -2.41. The van der Waals surface area contributed by atoms with Crippen molar-refractivity contribution < 1.29 is 0 Å². The fraction of sp³-hybridized carbons (Fsp3) is 0.471. The predicted molar refractivity (Wildman–Crippen MR) is 93.1 cm³/mol. The molecule has 7 nitrogen and oxygen atoms in total. The van der Waals surface area contributed by atoms with E-state index in [2.05, 4.69) is 20.6 Å². The van der Waals surface area contributed by atoms with Gasteiger partial charge in [0.05, 0.1) is 5.66 Å². The number of nitrogens with one attached hydrogen (secondary N) is 2. The zero-order valence-electron chi connectivity index (χ0n) is 13.8. The summed E-state index contributed by atoms with van der Waals surface area (Å²) in [5, 5.41) is 6.72. The number of pyridine rings is 1. The van der Waals surface area contributed by atoms with E-state index >= 15 is 0 Å². The molecule has 126 valence electrons. The molecule has 2 aliphatic rings. The van der Waals surface area contributed by atoms with Crippen LogP contribution in [0.1, 0.15) is 43.4 Å². The number of hydrogen-bond donors (Lipinski definition) is 3. The maximum atomic E-state index is 13.2. The zero-order chi connectivity index (χ0) is 16.7. The molecule has 24 heavy (non-hydrogen) atoms. The molecule has 0 atom stereocenters. The van der Waals surface area contributed by atoms with Gasteiger partial charge in [-0.05, 0) is 44.2 Å². The largest absolute Gasteiger partial charge is 0.384 e. The quantitative estimate of drug-likeness (QED) is 0.781. The molecular weight excluding hydrogens is 304 g/mol. The zero-order valence-corrected chi connectivity index (χ0v) is 13.8. The summed E-state index contributed by atoms with van der Waals surface area (Å²) in [6.45, 7) is 2.80. The Kier molecular flexibility index (Phi) is 3.53. The average Bonchev–Trinajstić information content (AvgIpc) is 2.93. The van der Waals surface area contributed by atoms with Crippen LogP contribution in [0.5, 0.6) is 0 Å². The molecule has 0 aromatic carbocycles. The molecule has 1 aliphatic carbocycles. The van der Waals surface area contributed by atoms with E-state index in [-0.39, 0.29) is 11.2 Å². The van der Waals surface area contributed by atoms with Gasteiger partial charge in [0.15, 0.2) is 0 Å². The lowest BCUT2D eigenvalue weighted by atomic mass is 9.89. The first-order chi connectivity index (χ1) is 11.6. The third-order valence-corrected chi connectivity index (χ3v) is 5.16. The van der Waals surface area contributed by atoms with Gasteiger partial charge in [-0.15, -0.1) is 0 Å². The Morgan fingerprint density at radius 2 is 2.04 bits per heavy atom. The van der Waals surface area contributed by atoms with Crippen molar-refractivity contribution in [2.45, 2.75) is 51.2 Å². The fourth-order valence-corrected chi connectivity index (χ4v) is 3.98. The lowest BCUT2D eigenvalue weighted by Gasteiger charge is -2.36. The smallest absolute Gasteiger partial charge is 0.276 e. The first-order valence-electron chi connectivity index (χ1n) is 8.45. The standard InChI is InChI=1S/C17H22N6O/c1-11-7-12(22-15-8-14(18)19-10-20-15)16(24)23-13(11)9-21-17(23)5-3-2-4-6-17/h7-8,10,21H,2-6,9H2,1H3,(H3,18,19,20,22). The summed E-state index contributed by atoms with van der Waals surface area (Å²) in [7, 11) is 0. The molecule has 1 saturated carbocycles. The number of hydrogen-bond acceptors (Lipinski definition) is 6. The maximum absolute atomic E-state index is 13.2. The molecule has 0 bridgehead atoms. The van der Waals surface area contributed by atoms with Crippen LogP contribution < -0.4 is 21.9 Å². The van der Waals surface area contributed by atoms with Crippen LogP contribution in [0.4, 0.5) is 17.3 Å². The summed E-state index contributed by atoms with van der Waals surface area (Å²) in [5.74, 6) is 0.902. The minimum Gasteiger partial charge on any atom is -0.384 e. The number of nitrogens with zero attached hydrogens (tertiary/aromatic N) is 3. The second-order valence-corrected chi connectivity index (χ2v) is 6.73. The summed E-state index contributed by atoms with van der Waals surface area (Å²) < 4.78 is 1.98. The summed E-state index contributed by atoms with van der Waals surface area (Å²) in [4.78, 5) is 21.2. The lowest BCUT2D eigenvalue weighted by molar-refractivity contribution is 0.165. The summed E-state index contributed by atoms with van der Waals surface area (Å²) in [6, 6.07) is 3.53. The Labute approximate surface area is 140 Å². The molecule has 2 aromatic rings. The molecule has 0 saturated heterocycles. The van der Waals surface area contributed by atoms with Gasteiger partial charge < -0.3 is 11.1 Å². The van der Waals surface area contributed by atoms with Crippen molar-refractivity contribution in [3.05, 3.63) is 40.1 Å². The van der Waals surface area contributed by atoms with E-state index in [1.165, 1.54) is 12.7 Å². The SMILES string of the molecule is Cc1cc(Nc2cc(N)ncn2)c(=O)n2c1CNC21CCCCC1. The van der Waals surface area contributed by atoms with E-state index < -0.39 is 0 Å². The molecule has 4 N–H and O–H groups in total. The molecule has 1 fully saturated rings. The first-order valence-corrected chi connectivity index (χ1v) is 8.45. The Balaban J connectivity index is 1.79. The van der Waals surface area contributed by atoms with Crippen LogP contribution in [0.2, 0.25) is 0 Å². The second kappa shape index (κ2) is 5.59. The van der Waals surface area contributed by atoms with Gasteiger partial charge in [-0.2, -0.15) is 0 Å². The summed E-state index contributed by atoms with van der Waals surface area (Å²) >= 11 is 0. The molecule has 0 unspecified atom stereocenters. The number of nitrogens with two attached hydrogens (primary N) is 1. The van der Waals surface area contributed by atoms with Crippen LogP contribution in [-0.4, -0.2) is 14.5 Å². The van der Waals surface area contributed by atoms with Crippen LogP contribution in [0.25, 0.3) is 0 Å². The maximum Gasteiger partial charge on any atom is 0.276 e. The van der Waals surface area contributed by atoms with Crippen LogP contribution >= 0.6 is 0 Å².